The summed E-state index contributed by atoms with van der Waals surface area (Å²) < 4.78 is 0. The molecule has 0 saturated carbocycles. The summed E-state index contributed by atoms with van der Waals surface area (Å²) in [6, 6.07) is 10.5. The van der Waals surface area contributed by atoms with Crippen LogP contribution in [0.15, 0.2) is 40.7 Å². The summed E-state index contributed by atoms with van der Waals surface area (Å²) in [5, 5.41) is 2.02. The highest BCUT2D eigenvalue weighted by atomic mass is 35.5. The third kappa shape index (κ3) is 5.61. The number of likely N-dealkylation sites (N-methyl/N-ethyl adjacent to an activating group) is 1. The molecule has 144 valence electrons. The van der Waals surface area contributed by atoms with Gasteiger partial charge in [-0.25, -0.2) is 4.99 Å². The lowest BCUT2D eigenvalue weighted by molar-refractivity contribution is 0.357. The standard InChI is InChI=1S/C19H26N4S.2ClH/c1-3-22(2)11-12-23-10-4-6-15-14-16(8-9-17(15)23)21-19(20)18-7-5-13-24-18;;/h5,7-9,13-14H,3-4,6,10-12H2,1-2H3,(H2,20,21);2*1H. The van der Waals surface area contributed by atoms with E-state index < -0.39 is 0 Å². The van der Waals surface area contributed by atoms with Crippen molar-refractivity contribution in [1.82, 2.24) is 4.90 Å². The molecule has 3 rings (SSSR count). The first-order valence-corrected chi connectivity index (χ1v) is 9.50. The van der Waals surface area contributed by atoms with Crippen molar-refractivity contribution >= 4 is 53.4 Å². The fourth-order valence-electron chi connectivity index (χ4n) is 3.03. The molecule has 0 bridgehead atoms. The van der Waals surface area contributed by atoms with E-state index in [1.165, 1.54) is 17.7 Å². The van der Waals surface area contributed by atoms with Gasteiger partial charge in [0.1, 0.15) is 5.84 Å². The van der Waals surface area contributed by atoms with E-state index >= 15 is 0 Å². The number of aliphatic imine (C=N–C) groups is 1. The van der Waals surface area contributed by atoms with Gasteiger partial charge in [0.25, 0.3) is 0 Å². The maximum atomic E-state index is 6.12. The molecule has 0 fully saturated rings. The molecule has 0 radical (unpaired) electrons. The van der Waals surface area contributed by atoms with Crippen LogP contribution in [0.25, 0.3) is 0 Å². The molecule has 2 heterocycles. The molecule has 1 aromatic heterocycles. The molecule has 1 aromatic carbocycles. The summed E-state index contributed by atoms with van der Waals surface area (Å²) in [6.45, 7) is 6.62. The topological polar surface area (TPSA) is 44.9 Å². The van der Waals surface area contributed by atoms with Crippen LogP contribution in [0, 0.1) is 0 Å². The van der Waals surface area contributed by atoms with Crippen molar-refractivity contribution in [3.05, 3.63) is 46.2 Å². The van der Waals surface area contributed by atoms with E-state index in [1.54, 1.807) is 11.3 Å². The van der Waals surface area contributed by atoms with Gasteiger partial charge in [-0.05, 0) is 61.6 Å². The van der Waals surface area contributed by atoms with Crippen molar-refractivity contribution in [3.63, 3.8) is 0 Å². The zero-order chi connectivity index (χ0) is 16.9. The van der Waals surface area contributed by atoms with Crippen LogP contribution >= 0.6 is 36.2 Å². The number of thiophene rings is 1. The molecule has 0 unspecified atom stereocenters. The molecule has 2 aromatic rings. The van der Waals surface area contributed by atoms with Crippen LogP contribution in [0.5, 0.6) is 0 Å². The number of nitrogens with two attached hydrogens (primary N) is 1. The van der Waals surface area contributed by atoms with Crippen LogP contribution in [-0.2, 0) is 6.42 Å². The second-order valence-electron chi connectivity index (χ2n) is 6.27. The second kappa shape index (κ2) is 10.8. The van der Waals surface area contributed by atoms with Crippen molar-refractivity contribution in [1.29, 1.82) is 0 Å². The van der Waals surface area contributed by atoms with Gasteiger partial charge in [-0.3, -0.25) is 0 Å². The highest BCUT2D eigenvalue weighted by Gasteiger charge is 2.17. The van der Waals surface area contributed by atoms with E-state index in [9.17, 15) is 0 Å². The monoisotopic (exact) mass is 414 g/mol. The van der Waals surface area contributed by atoms with Gasteiger partial charge in [-0.1, -0.05) is 13.0 Å². The number of aryl methyl sites for hydroxylation is 1. The van der Waals surface area contributed by atoms with Gasteiger partial charge in [-0.2, -0.15) is 0 Å². The maximum Gasteiger partial charge on any atom is 0.141 e. The number of fused-ring (bicyclic) bond motifs is 1. The zero-order valence-electron chi connectivity index (χ0n) is 15.4. The Balaban J connectivity index is 0.00000169. The zero-order valence-corrected chi connectivity index (χ0v) is 17.8. The van der Waals surface area contributed by atoms with E-state index in [1.807, 2.05) is 17.5 Å². The maximum absolute atomic E-state index is 6.12. The number of rotatable bonds is 6. The number of anilines is 1. The molecule has 2 N–H and O–H groups in total. The molecule has 1 aliphatic heterocycles. The number of benzene rings is 1. The number of nitrogens with zero attached hydrogens (tertiary/aromatic N) is 3. The Morgan fingerprint density at radius 1 is 1.31 bits per heavy atom. The first-order chi connectivity index (χ1) is 11.7. The van der Waals surface area contributed by atoms with Crippen LogP contribution < -0.4 is 10.6 Å². The summed E-state index contributed by atoms with van der Waals surface area (Å²) >= 11 is 1.62. The molecular formula is C19H28Cl2N4S. The fraction of sp³-hybridized carbons (Fsp3) is 0.421. The lowest BCUT2D eigenvalue weighted by Gasteiger charge is -2.32. The van der Waals surface area contributed by atoms with Gasteiger partial charge >= 0.3 is 0 Å². The average Bonchev–Trinajstić information content (AvgIpc) is 3.14. The summed E-state index contributed by atoms with van der Waals surface area (Å²) in [5.74, 6) is 0.599. The Hall–Kier alpha value is -1.27. The smallest absolute Gasteiger partial charge is 0.141 e. The molecule has 0 spiro atoms. The van der Waals surface area contributed by atoms with Gasteiger partial charge in [-0.15, -0.1) is 36.2 Å². The second-order valence-corrected chi connectivity index (χ2v) is 7.22. The molecule has 0 amide bonds. The predicted octanol–water partition coefficient (Wildman–Crippen LogP) is 4.33. The van der Waals surface area contributed by atoms with Crippen LogP contribution in [-0.4, -0.2) is 44.0 Å². The van der Waals surface area contributed by atoms with E-state index in [0.29, 0.717) is 5.84 Å². The molecule has 0 atom stereocenters. The minimum atomic E-state index is 0. The Kier molecular flexibility index (Phi) is 9.44. The van der Waals surface area contributed by atoms with Crippen LogP contribution in [0.4, 0.5) is 11.4 Å². The van der Waals surface area contributed by atoms with Gasteiger partial charge in [0.15, 0.2) is 0 Å². The molecule has 26 heavy (non-hydrogen) atoms. The van der Waals surface area contributed by atoms with Crippen molar-refractivity contribution in [2.24, 2.45) is 10.7 Å². The fourth-order valence-corrected chi connectivity index (χ4v) is 3.66. The molecule has 0 aliphatic carbocycles. The normalized spacial score (nSPS) is 13.8. The van der Waals surface area contributed by atoms with E-state index in [-0.39, 0.29) is 24.8 Å². The van der Waals surface area contributed by atoms with Gasteiger partial charge in [0.05, 0.1) is 10.6 Å². The number of hydrogen-bond donors (Lipinski definition) is 1. The summed E-state index contributed by atoms with van der Waals surface area (Å²) in [7, 11) is 2.18. The summed E-state index contributed by atoms with van der Waals surface area (Å²) in [5.41, 5.74) is 9.82. The minimum Gasteiger partial charge on any atom is -0.383 e. The molecular weight excluding hydrogens is 387 g/mol. The van der Waals surface area contributed by atoms with E-state index in [2.05, 4.69) is 47.0 Å². The van der Waals surface area contributed by atoms with Gasteiger partial charge in [0, 0.05) is 25.3 Å². The quantitative estimate of drug-likeness (QED) is 0.564. The molecule has 0 saturated heterocycles. The Bertz CT molecular complexity index is 704. The third-order valence-corrected chi connectivity index (χ3v) is 5.48. The van der Waals surface area contributed by atoms with Crippen LogP contribution in [0.2, 0.25) is 0 Å². The van der Waals surface area contributed by atoms with Crippen LogP contribution in [0.3, 0.4) is 0 Å². The van der Waals surface area contributed by atoms with E-state index in [0.717, 1.165) is 43.2 Å². The van der Waals surface area contributed by atoms with Gasteiger partial charge < -0.3 is 15.5 Å². The summed E-state index contributed by atoms with van der Waals surface area (Å²) in [6.07, 6.45) is 2.33. The van der Waals surface area contributed by atoms with Crippen molar-refractivity contribution in [2.45, 2.75) is 19.8 Å². The predicted molar refractivity (Wildman–Crippen MR) is 119 cm³/mol. The number of amidine groups is 1. The van der Waals surface area contributed by atoms with Crippen molar-refractivity contribution < 1.29 is 0 Å². The first-order valence-electron chi connectivity index (χ1n) is 8.62. The SMILES string of the molecule is CCN(C)CCN1CCCc2cc(N=C(N)c3cccs3)ccc21.Cl.Cl. The van der Waals surface area contributed by atoms with Crippen LogP contribution in [0.1, 0.15) is 23.8 Å². The Morgan fingerprint density at radius 3 is 2.81 bits per heavy atom. The minimum absolute atomic E-state index is 0. The lowest BCUT2D eigenvalue weighted by atomic mass is 10.0. The third-order valence-electron chi connectivity index (χ3n) is 4.59. The summed E-state index contributed by atoms with van der Waals surface area (Å²) in [4.78, 5) is 10.5. The van der Waals surface area contributed by atoms with Crippen molar-refractivity contribution in [3.8, 4) is 0 Å². The number of halogens is 2. The van der Waals surface area contributed by atoms with Crippen molar-refractivity contribution in [2.75, 3.05) is 38.1 Å². The van der Waals surface area contributed by atoms with E-state index in [4.69, 9.17) is 5.73 Å². The van der Waals surface area contributed by atoms with Gasteiger partial charge in [0.2, 0.25) is 0 Å². The Labute approximate surface area is 172 Å². The highest BCUT2D eigenvalue weighted by molar-refractivity contribution is 7.12. The number of hydrogen-bond acceptors (Lipinski definition) is 4. The molecule has 7 heteroatoms. The largest absolute Gasteiger partial charge is 0.383 e. The average molecular weight is 415 g/mol. The molecule has 1 aliphatic rings. The highest BCUT2D eigenvalue weighted by Crippen LogP contribution is 2.30. The molecule has 4 nitrogen and oxygen atoms in total. The Morgan fingerprint density at radius 2 is 2.12 bits per heavy atom. The lowest BCUT2D eigenvalue weighted by Crippen LogP contribution is -2.36. The first kappa shape index (κ1) is 22.8.